The topological polar surface area (TPSA) is 21.6 Å². The first-order chi connectivity index (χ1) is 8.62. The van der Waals surface area contributed by atoms with Crippen molar-refractivity contribution in [2.45, 2.75) is 38.1 Å². The second-order valence-corrected chi connectivity index (χ2v) is 6.56. The van der Waals surface area contributed by atoms with Crippen LogP contribution in [0.4, 0.5) is 0 Å². The van der Waals surface area contributed by atoms with Crippen LogP contribution in [0.5, 0.6) is 0 Å². The molecule has 1 heterocycles. The maximum absolute atomic E-state index is 5.88. The van der Waals surface area contributed by atoms with Gasteiger partial charge in [0.05, 0.1) is 11.5 Å². The molecule has 1 atom stereocenters. The third-order valence-corrected chi connectivity index (χ3v) is 4.53. The van der Waals surface area contributed by atoms with Crippen LogP contribution in [-0.4, -0.2) is 18.5 Å². The maximum atomic E-state index is 5.88. The largest absolute Gasteiger partial charge is 0.478 e. The van der Waals surface area contributed by atoms with Crippen molar-refractivity contribution in [1.82, 2.24) is 0 Å². The first-order valence-electron chi connectivity index (χ1n) is 6.59. The maximum Gasteiger partial charge on any atom is 0.194 e. The van der Waals surface area contributed by atoms with Gasteiger partial charge in [0.15, 0.2) is 5.90 Å². The molecule has 1 aromatic rings. The van der Waals surface area contributed by atoms with Crippen molar-refractivity contribution in [3.05, 3.63) is 34.3 Å². The van der Waals surface area contributed by atoms with Crippen LogP contribution < -0.4 is 0 Å². The van der Waals surface area contributed by atoms with E-state index in [1.165, 1.54) is 5.56 Å². The number of hydrogen-bond acceptors (Lipinski definition) is 2. The van der Waals surface area contributed by atoms with Gasteiger partial charge in [-0.1, -0.05) is 41.9 Å². The van der Waals surface area contributed by atoms with E-state index in [0.29, 0.717) is 12.0 Å². The minimum absolute atomic E-state index is 0.0876. The molecule has 0 spiro atoms. The summed E-state index contributed by atoms with van der Waals surface area (Å²) in [6.07, 6.45) is 2.33. The molecule has 2 aliphatic rings. The van der Waals surface area contributed by atoms with Crippen LogP contribution in [0.15, 0.2) is 33.7 Å². The minimum atomic E-state index is 0.0876. The molecular weight excluding hydrogens is 290 g/mol. The molecule has 0 saturated heterocycles. The van der Waals surface area contributed by atoms with Gasteiger partial charge >= 0.3 is 0 Å². The Labute approximate surface area is 117 Å². The van der Waals surface area contributed by atoms with Gasteiger partial charge in [-0.25, -0.2) is 4.99 Å². The van der Waals surface area contributed by atoms with Gasteiger partial charge in [0.25, 0.3) is 0 Å². The summed E-state index contributed by atoms with van der Waals surface area (Å²) in [6.45, 7) is 5.17. The van der Waals surface area contributed by atoms with Gasteiger partial charge < -0.3 is 4.74 Å². The molecule has 1 aliphatic heterocycles. The second kappa shape index (κ2) is 4.37. The van der Waals surface area contributed by atoms with Crippen molar-refractivity contribution in [3.63, 3.8) is 0 Å². The highest BCUT2D eigenvalue weighted by Crippen LogP contribution is 2.51. The number of hydrogen-bond donors (Lipinski definition) is 0. The monoisotopic (exact) mass is 307 g/mol. The lowest BCUT2D eigenvalue weighted by Crippen LogP contribution is -2.20. The summed E-state index contributed by atoms with van der Waals surface area (Å²) >= 11 is 3.48. The normalized spacial score (nSPS) is 24.9. The van der Waals surface area contributed by atoms with Crippen LogP contribution in [0.2, 0.25) is 0 Å². The van der Waals surface area contributed by atoms with Crippen LogP contribution >= 0.6 is 15.9 Å². The number of rotatable bonds is 3. The van der Waals surface area contributed by atoms with Crippen molar-refractivity contribution in [3.8, 4) is 0 Å². The van der Waals surface area contributed by atoms with Gasteiger partial charge in [0.1, 0.15) is 6.61 Å². The number of ether oxygens (including phenoxy) is 1. The van der Waals surface area contributed by atoms with Gasteiger partial charge in [0, 0.05) is 4.47 Å². The molecule has 0 radical (unpaired) electrons. The summed E-state index contributed by atoms with van der Waals surface area (Å²) < 4.78 is 7.00. The molecule has 0 amide bonds. The predicted octanol–water partition coefficient (Wildman–Crippen LogP) is 3.93. The standard InChI is InChI=1S/C15H18BrNO/c1-10(2)13-9-18-14(17-13)15(7-8-15)11-3-5-12(16)6-4-11/h3-6,10,13H,7-9H2,1-2H3/t13-/m0/s1. The lowest BCUT2D eigenvalue weighted by atomic mass is 9.96. The van der Waals surface area contributed by atoms with E-state index in [9.17, 15) is 0 Å². The fourth-order valence-electron chi connectivity index (χ4n) is 2.51. The average molecular weight is 308 g/mol. The minimum Gasteiger partial charge on any atom is -0.478 e. The Kier molecular flexibility index (Phi) is 2.97. The van der Waals surface area contributed by atoms with Crippen molar-refractivity contribution in [1.29, 1.82) is 0 Å². The van der Waals surface area contributed by atoms with Crippen molar-refractivity contribution < 1.29 is 4.74 Å². The molecular formula is C15H18BrNO. The Morgan fingerprint density at radius 1 is 1.28 bits per heavy atom. The van der Waals surface area contributed by atoms with Crippen LogP contribution in [0, 0.1) is 5.92 Å². The summed E-state index contributed by atoms with van der Waals surface area (Å²) in [7, 11) is 0. The van der Waals surface area contributed by atoms with E-state index < -0.39 is 0 Å². The zero-order valence-corrected chi connectivity index (χ0v) is 12.4. The Balaban J connectivity index is 1.88. The summed E-state index contributed by atoms with van der Waals surface area (Å²) in [5, 5.41) is 0. The summed E-state index contributed by atoms with van der Waals surface area (Å²) in [6, 6.07) is 8.92. The molecule has 0 N–H and O–H groups in total. The van der Waals surface area contributed by atoms with E-state index in [4.69, 9.17) is 9.73 Å². The fourth-order valence-corrected chi connectivity index (χ4v) is 2.78. The van der Waals surface area contributed by atoms with Crippen molar-refractivity contribution in [2.24, 2.45) is 10.9 Å². The highest BCUT2D eigenvalue weighted by Gasteiger charge is 2.52. The molecule has 1 aromatic carbocycles. The van der Waals surface area contributed by atoms with Gasteiger partial charge in [-0.15, -0.1) is 0 Å². The molecule has 0 aromatic heterocycles. The van der Waals surface area contributed by atoms with Crippen LogP contribution in [0.3, 0.4) is 0 Å². The molecule has 18 heavy (non-hydrogen) atoms. The van der Waals surface area contributed by atoms with E-state index in [-0.39, 0.29) is 5.41 Å². The van der Waals surface area contributed by atoms with Gasteiger partial charge in [-0.05, 0) is 36.5 Å². The number of aliphatic imine (C=N–C) groups is 1. The van der Waals surface area contributed by atoms with Crippen molar-refractivity contribution in [2.75, 3.05) is 6.61 Å². The van der Waals surface area contributed by atoms with E-state index in [1.807, 2.05) is 0 Å². The molecule has 3 heteroatoms. The lowest BCUT2D eigenvalue weighted by Gasteiger charge is -2.15. The predicted molar refractivity (Wildman–Crippen MR) is 77.1 cm³/mol. The van der Waals surface area contributed by atoms with Crippen LogP contribution in [0.1, 0.15) is 32.3 Å². The molecule has 2 nitrogen and oxygen atoms in total. The third kappa shape index (κ3) is 1.99. The van der Waals surface area contributed by atoms with Crippen LogP contribution in [-0.2, 0) is 10.2 Å². The fraction of sp³-hybridized carbons (Fsp3) is 0.533. The van der Waals surface area contributed by atoms with Crippen molar-refractivity contribution >= 4 is 21.8 Å². The third-order valence-electron chi connectivity index (χ3n) is 4.00. The molecule has 96 valence electrons. The number of benzene rings is 1. The van der Waals surface area contributed by atoms with Gasteiger partial charge in [0.2, 0.25) is 0 Å². The van der Waals surface area contributed by atoms with E-state index in [0.717, 1.165) is 29.8 Å². The molecule has 1 fully saturated rings. The second-order valence-electron chi connectivity index (χ2n) is 5.65. The Morgan fingerprint density at radius 2 is 1.94 bits per heavy atom. The lowest BCUT2D eigenvalue weighted by molar-refractivity contribution is 0.281. The van der Waals surface area contributed by atoms with E-state index >= 15 is 0 Å². The quantitative estimate of drug-likeness (QED) is 0.829. The summed E-state index contributed by atoms with van der Waals surface area (Å²) in [4.78, 5) is 4.80. The molecule has 0 unspecified atom stereocenters. The number of nitrogens with zero attached hydrogens (tertiary/aromatic N) is 1. The summed E-state index contributed by atoms with van der Waals surface area (Å²) in [5.41, 5.74) is 1.43. The van der Waals surface area contributed by atoms with Gasteiger partial charge in [-0.3, -0.25) is 0 Å². The van der Waals surface area contributed by atoms with E-state index in [1.54, 1.807) is 0 Å². The Hall–Kier alpha value is -0.830. The Morgan fingerprint density at radius 3 is 2.44 bits per heavy atom. The number of halogens is 1. The SMILES string of the molecule is CC(C)[C@@H]1COC(C2(c3ccc(Br)cc3)CC2)=N1. The summed E-state index contributed by atoms with van der Waals surface area (Å²) in [5.74, 6) is 1.53. The van der Waals surface area contributed by atoms with Crippen LogP contribution in [0.25, 0.3) is 0 Å². The highest BCUT2D eigenvalue weighted by atomic mass is 79.9. The first kappa shape index (κ1) is 12.2. The molecule has 0 bridgehead atoms. The average Bonchev–Trinajstić information content (AvgIpc) is 3.00. The zero-order valence-electron chi connectivity index (χ0n) is 10.8. The highest BCUT2D eigenvalue weighted by molar-refractivity contribution is 9.10. The molecule has 3 rings (SSSR count). The zero-order chi connectivity index (χ0) is 12.8. The molecule has 1 aliphatic carbocycles. The van der Waals surface area contributed by atoms with Gasteiger partial charge in [-0.2, -0.15) is 0 Å². The first-order valence-corrected chi connectivity index (χ1v) is 7.38. The van der Waals surface area contributed by atoms with E-state index in [2.05, 4.69) is 54.0 Å². The smallest absolute Gasteiger partial charge is 0.194 e. The molecule has 1 saturated carbocycles. The Bertz CT molecular complexity index is 474.